The van der Waals surface area contributed by atoms with Gasteiger partial charge in [0.2, 0.25) is 5.91 Å². The van der Waals surface area contributed by atoms with E-state index in [1.807, 2.05) is 34.1 Å². The van der Waals surface area contributed by atoms with Crippen LogP contribution in [0.3, 0.4) is 0 Å². The predicted molar refractivity (Wildman–Crippen MR) is 126 cm³/mol. The Hall–Kier alpha value is -2.96. The number of benzene rings is 1. The van der Waals surface area contributed by atoms with Gasteiger partial charge in [0, 0.05) is 75.4 Å². The molecular weight excluding hydrogens is 436 g/mol. The molecule has 8 nitrogen and oxygen atoms in total. The number of piperidine rings is 1. The van der Waals surface area contributed by atoms with Crippen molar-refractivity contribution in [3.05, 3.63) is 46.4 Å². The van der Waals surface area contributed by atoms with Gasteiger partial charge < -0.3 is 14.7 Å². The number of rotatable bonds is 4. The van der Waals surface area contributed by atoms with E-state index in [9.17, 15) is 9.59 Å². The first kappa shape index (κ1) is 21.9. The van der Waals surface area contributed by atoms with Crippen LogP contribution in [0.4, 0.5) is 5.69 Å². The van der Waals surface area contributed by atoms with Crippen LogP contribution in [0.1, 0.15) is 28.9 Å². The number of hydrogen-bond donors (Lipinski definition) is 0. The van der Waals surface area contributed by atoms with E-state index in [1.165, 1.54) is 11.3 Å². The molecule has 0 radical (unpaired) electrons. The lowest BCUT2D eigenvalue weighted by Gasteiger charge is -2.49. The fourth-order valence-electron chi connectivity index (χ4n) is 5.03. The summed E-state index contributed by atoms with van der Waals surface area (Å²) in [5.41, 5.74) is 4.03. The van der Waals surface area contributed by atoms with Crippen LogP contribution in [-0.2, 0) is 4.79 Å². The summed E-state index contributed by atoms with van der Waals surface area (Å²) in [4.78, 5) is 38.2. The van der Waals surface area contributed by atoms with Gasteiger partial charge in [-0.25, -0.2) is 4.98 Å². The second-order valence-corrected chi connectivity index (χ2v) is 9.74. The van der Waals surface area contributed by atoms with Gasteiger partial charge in [0.1, 0.15) is 5.69 Å². The zero-order valence-corrected chi connectivity index (χ0v) is 19.4. The van der Waals surface area contributed by atoms with Crippen LogP contribution in [0.5, 0.6) is 0 Å². The van der Waals surface area contributed by atoms with Gasteiger partial charge in [0.15, 0.2) is 0 Å². The van der Waals surface area contributed by atoms with Gasteiger partial charge in [-0.15, -0.1) is 11.3 Å². The van der Waals surface area contributed by atoms with Crippen molar-refractivity contribution in [3.8, 4) is 6.07 Å². The molecular formula is C24H28N6O2S. The van der Waals surface area contributed by atoms with Crippen LogP contribution in [-0.4, -0.2) is 89.9 Å². The van der Waals surface area contributed by atoms with Gasteiger partial charge in [-0.05, 0) is 37.1 Å². The predicted octanol–water partition coefficient (Wildman–Crippen LogP) is 1.90. The van der Waals surface area contributed by atoms with Gasteiger partial charge in [-0.1, -0.05) is 0 Å². The van der Waals surface area contributed by atoms with Crippen molar-refractivity contribution in [2.24, 2.45) is 5.92 Å². The molecule has 9 heteroatoms. The number of aromatic nitrogens is 1. The first-order chi connectivity index (χ1) is 16.1. The van der Waals surface area contributed by atoms with Crippen LogP contribution in [0.25, 0.3) is 0 Å². The quantitative estimate of drug-likeness (QED) is 0.687. The first-order valence-electron chi connectivity index (χ1n) is 11.6. The van der Waals surface area contributed by atoms with E-state index in [0.29, 0.717) is 36.3 Å². The molecule has 0 bridgehead atoms. The summed E-state index contributed by atoms with van der Waals surface area (Å²) >= 11 is 1.45. The summed E-state index contributed by atoms with van der Waals surface area (Å²) in [6.45, 7) is 6.48. The monoisotopic (exact) mass is 464 g/mol. The number of carbonyl (C=O) groups is 2. The Kier molecular flexibility index (Phi) is 6.29. The van der Waals surface area contributed by atoms with Gasteiger partial charge in [0.25, 0.3) is 5.91 Å². The average Bonchev–Trinajstić information content (AvgIpc) is 3.38. The minimum Gasteiger partial charge on any atom is -0.371 e. The Morgan fingerprint density at radius 1 is 0.970 bits per heavy atom. The van der Waals surface area contributed by atoms with Gasteiger partial charge in [-0.2, -0.15) is 5.26 Å². The van der Waals surface area contributed by atoms with Crippen LogP contribution < -0.4 is 4.90 Å². The van der Waals surface area contributed by atoms with Crippen molar-refractivity contribution in [1.82, 2.24) is 19.7 Å². The molecule has 2 amide bonds. The number of nitriles is 1. The van der Waals surface area contributed by atoms with Gasteiger partial charge in [0.05, 0.1) is 17.1 Å². The molecule has 172 valence electrons. The van der Waals surface area contributed by atoms with Crippen molar-refractivity contribution in [2.75, 3.05) is 57.3 Å². The van der Waals surface area contributed by atoms with E-state index in [2.05, 4.69) is 20.9 Å². The molecule has 3 fully saturated rings. The lowest BCUT2D eigenvalue weighted by atomic mass is 9.92. The van der Waals surface area contributed by atoms with Gasteiger partial charge in [-0.3, -0.25) is 14.5 Å². The van der Waals surface area contributed by atoms with E-state index in [1.54, 1.807) is 10.9 Å². The Morgan fingerprint density at radius 2 is 1.67 bits per heavy atom. The molecule has 0 spiro atoms. The third-order valence-electron chi connectivity index (χ3n) is 7.15. The molecule has 2 aromatic rings. The number of carbonyl (C=O) groups excluding carboxylic acids is 2. The fourth-order valence-corrected chi connectivity index (χ4v) is 5.55. The van der Waals surface area contributed by atoms with E-state index in [-0.39, 0.29) is 11.8 Å². The highest BCUT2D eigenvalue weighted by molar-refractivity contribution is 7.07. The molecule has 0 saturated carbocycles. The number of piperazine rings is 1. The molecule has 3 aliphatic heterocycles. The zero-order valence-electron chi connectivity index (χ0n) is 18.6. The molecule has 0 aliphatic carbocycles. The minimum atomic E-state index is 0.0219. The molecule has 5 rings (SSSR count). The molecule has 4 heterocycles. The second kappa shape index (κ2) is 9.49. The Bertz CT molecular complexity index is 1010. The van der Waals surface area contributed by atoms with Gasteiger partial charge >= 0.3 is 0 Å². The second-order valence-electron chi connectivity index (χ2n) is 9.02. The molecule has 1 aromatic heterocycles. The van der Waals surface area contributed by atoms with E-state index >= 15 is 0 Å². The summed E-state index contributed by atoms with van der Waals surface area (Å²) in [5.74, 6) is 0.421. The summed E-state index contributed by atoms with van der Waals surface area (Å²) in [6.07, 6.45) is 1.74. The lowest BCUT2D eigenvalue weighted by Crippen LogP contribution is -2.65. The number of likely N-dealkylation sites (tertiary alicyclic amines) is 1. The SMILES string of the molecule is N#Cc1ccc(N2CCC(C(=O)N3CC(N4CCN(C(=O)c5cscn5)CC4)C3)CC2)cc1. The van der Waals surface area contributed by atoms with Crippen molar-refractivity contribution < 1.29 is 9.59 Å². The third-order valence-corrected chi connectivity index (χ3v) is 7.74. The molecule has 0 unspecified atom stereocenters. The molecule has 33 heavy (non-hydrogen) atoms. The Balaban J connectivity index is 1.05. The molecule has 3 aliphatic rings. The smallest absolute Gasteiger partial charge is 0.273 e. The standard InChI is InChI=1S/C24H28N6O2S/c25-13-18-1-3-20(4-2-18)27-7-5-19(6-8-27)23(31)30-14-21(15-30)28-9-11-29(12-10-28)24(32)22-16-33-17-26-22/h1-4,16-17,19,21H,5-12,14-15H2. The van der Waals surface area contributed by atoms with Crippen molar-refractivity contribution in [2.45, 2.75) is 18.9 Å². The number of anilines is 1. The maximum Gasteiger partial charge on any atom is 0.273 e. The van der Waals surface area contributed by atoms with Crippen molar-refractivity contribution >= 4 is 28.8 Å². The third kappa shape index (κ3) is 4.59. The number of thiazole rings is 1. The highest BCUT2D eigenvalue weighted by atomic mass is 32.1. The summed E-state index contributed by atoms with van der Waals surface area (Å²) in [5, 5.41) is 10.8. The number of nitrogens with zero attached hydrogens (tertiary/aromatic N) is 6. The van der Waals surface area contributed by atoms with Crippen LogP contribution in [0.15, 0.2) is 35.2 Å². The van der Waals surface area contributed by atoms with Crippen LogP contribution in [0, 0.1) is 17.2 Å². The van der Waals surface area contributed by atoms with Crippen molar-refractivity contribution in [3.63, 3.8) is 0 Å². The lowest BCUT2D eigenvalue weighted by molar-refractivity contribution is -0.144. The Labute approximate surface area is 198 Å². The average molecular weight is 465 g/mol. The van der Waals surface area contributed by atoms with E-state index in [4.69, 9.17) is 5.26 Å². The zero-order chi connectivity index (χ0) is 22.8. The maximum atomic E-state index is 13.0. The normalized spacial score (nSPS) is 20.4. The van der Waals surface area contributed by atoms with Crippen LogP contribution >= 0.6 is 11.3 Å². The molecule has 1 aromatic carbocycles. The minimum absolute atomic E-state index is 0.0219. The highest BCUT2D eigenvalue weighted by Crippen LogP contribution is 2.27. The molecule has 3 saturated heterocycles. The fraction of sp³-hybridized carbons (Fsp3) is 0.500. The first-order valence-corrected chi connectivity index (χ1v) is 12.5. The largest absolute Gasteiger partial charge is 0.371 e. The Morgan fingerprint density at radius 3 is 2.27 bits per heavy atom. The van der Waals surface area contributed by atoms with E-state index in [0.717, 1.165) is 57.8 Å². The van der Waals surface area contributed by atoms with E-state index < -0.39 is 0 Å². The van der Waals surface area contributed by atoms with Crippen LogP contribution in [0.2, 0.25) is 0 Å². The topological polar surface area (TPSA) is 83.8 Å². The maximum absolute atomic E-state index is 13.0. The highest BCUT2D eigenvalue weighted by Gasteiger charge is 2.39. The number of hydrogen-bond acceptors (Lipinski definition) is 7. The van der Waals surface area contributed by atoms with Crippen molar-refractivity contribution in [1.29, 1.82) is 5.26 Å². The summed E-state index contributed by atoms with van der Waals surface area (Å²) in [7, 11) is 0. The summed E-state index contributed by atoms with van der Waals surface area (Å²) < 4.78 is 0. The molecule has 0 N–H and O–H groups in total. The molecule has 0 atom stereocenters. The number of amides is 2. The summed E-state index contributed by atoms with van der Waals surface area (Å²) in [6, 6.07) is 10.2.